The first-order valence-electron chi connectivity index (χ1n) is 10.7. The molecule has 0 unspecified atom stereocenters. The van der Waals surface area contributed by atoms with Gasteiger partial charge in [0.05, 0.1) is 0 Å². The Morgan fingerprint density at radius 3 is 2.00 bits per heavy atom. The molecule has 0 radical (unpaired) electrons. The summed E-state index contributed by atoms with van der Waals surface area (Å²) in [5.74, 6) is -0.290. The van der Waals surface area contributed by atoms with Crippen LogP contribution in [-0.2, 0) is 9.59 Å². The Balaban J connectivity index is 3.42. The van der Waals surface area contributed by atoms with Gasteiger partial charge in [-0.2, -0.15) is 0 Å². The van der Waals surface area contributed by atoms with Crippen LogP contribution in [0.4, 0.5) is 0 Å². The topological polar surface area (TPSA) is 57.6 Å². The number of hydrogen-bond donors (Lipinski definition) is 1. The van der Waals surface area contributed by atoms with E-state index in [0.29, 0.717) is 12.1 Å². The zero-order valence-corrected chi connectivity index (χ0v) is 20.9. The number of nitrogens with zero attached hydrogens (tertiary/aromatic N) is 1. The normalized spacial score (nSPS) is 17.2. The molecule has 0 bridgehead atoms. The molecular formula is C22H39NO3Sn. The molecular weight excluding hydrogens is 445 g/mol. The fourth-order valence-electron chi connectivity index (χ4n) is 3.89. The number of carbonyl (C=O) groups excluding carboxylic acids is 2. The Kier molecular flexibility index (Phi) is 10.3. The molecule has 1 heterocycles. The number of rotatable bonds is 13. The van der Waals surface area contributed by atoms with Gasteiger partial charge in [0.1, 0.15) is 0 Å². The van der Waals surface area contributed by atoms with Crippen LogP contribution in [0.25, 0.3) is 0 Å². The number of aldehydes is 1. The number of allylic oxidation sites excluding steroid dienone is 2. The van der Waals surface area contributed by atoms with Crippen molar-refractivity contribution in [3.05, 3.63) is 21.4 Å². The van der Waals surface area contributed by atoms with Gasteiger partial charge in [0.2, 0.25) is 0 Å². The van der Waals surface area contributed by atoms with Gasteiger partial charge in [-0.25, -0.2) is 0 Å². The zero-order valence-electron chi connectivity index (χ0n) is 18.0. The van der Waals surface area contributed by atoms with Crippen molar-refractivity contribution in [1.82, 2.24) is 4.90 Å². The van der Waals surface area contributed by atoms with Crippen LogP contribution in [-0.4, -0.2) is 52.7 Å². The van der Waals surface area contributed by atoms with Crippen LogP contribution in [0.2, 0.25) is 13.3 Å². The van der Waals surface area contributed by atoms with E-state index in [1.807, 2.05) is 6.20 Å². The van der Waals surface area contributed by atoms with Crippen molar-refractivity contribution in [2.24, 2.45) is 0 Å². The number of hydrogen-bond acceptors (Lipinski definition) is 4. The standard InChI is InChI=1S/C10H12NO3.3C4H9.Sn/c1-8(13)10(2,14)11-5-3-4-9(6-11)7-12;3*1-3-4-2;/h4-5,7,14H,6H2,1-2H3;3*1,3-4H2,2H3;/t10-;;;;/m0..../s1. The molecule has 4 nitrogen and oxygen atoms in total. The molecule has 0 aliphatic carbocycles. The van der Waals surface area contributed by atoms with Gasteiger partial charge < -0.3 is 0 Å². The summed E-state index contributed by atoms with van der Waals surface area (Å²) in [6.07, 6.45) is 12.3. The van der Waals surface area contributed by atoms with Crippen LogP contribution in [0, 0.1) is 0 Å². The third-order valence-electron chi connectivity index (χ3n) is 6.01. The van der Waals surface area contributed by atoms with Crippen molar-refractivity contribution in [3.63, 3.8) is 0 Å². The first-order valence-corrected chi connectivity index (χ1v) is 18.1. The summed E-state index contributed by atoms with van der Waals surface area (Å²) in [5, 5.41) is 10.8. The van der Waals surface area contributed by atoms with Crippen LogP contribution in [0.1, 0.15) is 73.1 Å². The third-order valence-corrected chi connectivity index (χ3v) is 21.5. The first-order chi connectivity index (χ1) is 12.8. The molecule has 1 aliphatic heterocycles. The van der Waals surface area contributed by atoms with Crippen LogP contribution >= 0.6 is 0 Å². The Morgan fingerprint density at radius 1 is 1.15 bits per heavy atom. The second-order valence-electron chi connectivity index (χ2n) is 8.22. The molecule has 27 heavy (non-hydrogen) atoms. The van der Waals surface area contributed by atoms with Crippen molar-refractivity contribution in [2.75, 3.05) is 6.54 Å². The second-order valence-corrected chi connectivity index (χ2v) is 21.5. The summed E-state index contributed by atoms with van der Waals surface area (Å²) in [6.45, 7) is 9.98. The molecule has 5 heteroatoms. The van der Waals surface area contributed by atoms with Gasteiger partial charge in [-0.15, -0.1) is 0 Å². The molecule has 0 saturated heterocycles. The van der Waals surface area contributed by atoms with Crippen LogP contribution in [0.3, 0.4) is 0 Å². The number of ketones is 1. The van der Waals surface area contributed by atoms with E-state index in [-0.39, 0.29) is 5.78 Å². The molecule has 0 spiro atoms. The minimum atomic E-state index is -2.74. The zero-order chi connectivity index (χ0) is 20.5. The van der Waals surface area contributed by atoms with Gasteiger partial charge in [0.15, 0.2) is 0 Å². The molecule has 0 saturated carbocycles. The SMILES string of the molecule is CCC[CH2][Sn]([CH2]CCC)([CH2]CCC)[C]1=CN([C@@](C)(O)C(C)=O)CC(C=O)=C1. The van der Waals surface area contributed by atoms with E-state index in [4.69, 9.17) is 0 Å². The summed E-state index contributed by atoms with van der Waals surface area (Å²) < 4.78 is 5.18. The maximum atomic E-state index is 12.0. The Hall–Kier alpha value is -0.621. The van der Waals surface area contributed by atoms with E-state index in [1.54, 1.807) is 11.8 Å². The van der Waals surface area contributed by atoms with Crippen LogP contribution in [0.5, 0.6) is 0 Å². The Bertz CT molecular complexity index is 544. The molecule has 1 atom stereocenters. The van der Waals surface area contributed by atoms with E-state index in [1.165, 1.54) is 62.3 Å². The molecule has 0 aromatic carbocycles. The van der Waals surface area contributed by atoms with E-state index >= 15 is 0 Å². The van der Waals surface area contributed by atoms with Gasteiger partial charge in [-0.3, -0.25) is 0 Å². The summed E-state index contributed by atoms with van der Waals surface area (Å²) in [4.78, 5) is 25.4. The quantitative estimate of drug-likeness (QED) is 0.296. The average Bonchev–Trinajstić information content (AvgIpc) is 2.67. The van der Waals surface area contributed by atoms with Crippen LogP contribution in [0.15, 0.2) is 21.4 Å². The Labute approximate surface area is 170 Å². The van der Waals surface area contributed by atoms with E-state index < -0.39 is 24.1 Å². The fourth-order valence-corrected chi connectivity index (χ4v) is 20.0. The van der Waals surface area contributed by atoms with Crippen LogP contribution < -0.4 is 0 Å². The molecule has 1 aliphatic rings. The molecule has 0 amide bonds. The van der Waals surface area contributed by atoms with Gasteiger partial charge in [-0.1, -0.05) is 0 Å². The molecule has 0 fully saturated rings. The first kappa shape index (κ1) is 24.4. The summed E-state index contributed by atoms with van der Waals surface area (Å²) >= 11 is -2.74. The van der Waals surface area contributed by atoms with Gasteiger partial charge in [-0.05, 0) is 0 Å². The monoisotopic (exact) mass is 485 g/mol. The van der Waals surface area contributed by atoms with Gasteiger partial charge in [0.25, 0.3) is 0 Å². The summed E-state index contributed by atoms with van der Waals surface area (Å²) in [6, 6.07) is 0. The average molecular weight is 484 g/mol. The molecule has 154 valence electrons. The van der Waals surface area contributed by atoms with E-state index in [9.17, 15) is 14.7 Å². The molecule has 0 aromatic heterocycles. The summed E-state index contributed by atoms with van der Waals surface area (Å²) in [5.41, 5.74) is -0.884. The van der Waals surface area contributed by atoms with E-state index in [2.05, 4.69) is 26.8 Å². The number of unbranched alkanes of at least 4 members (excludes halogenated alkanes) is 3. The van der Waals surface area contributed by atoms with Crippen molar-refractivity contribution in [3.8, 4) is 0 Å². The molecule has 1 N–H and O–H groups in total. The van der Waals surface area contributed by atoms with E-state index in [0.717, 1.165) is 6.29 Å². The van der Waals surface area contributed by atoms with Crippen molar-refractivity contribution in [1.29, 1.82) is 0 Å². The molecule has 1 rings (SSSR count). The fraction of sp³-hybridized carbons (Fsp3) is 0.727. The number of carbonyl (C=O) groups is 2. The van der Waals surface area contributed by atoms with Crippen molar-refractivity contribution in [2.45, 2.75) is 92.2 Å². The van der Waals surface area contributed by atoms with Crippen molar-refractivity contribution >= 4 is 30.4 Å². The van der Waals surface area contributed by atoms with Gasteiger partial charge in [0, 0.05) is 0 Å². The second kappa shape index (κ2) is 11.4. The van der Waals surface area contributed by atoms with Gasteiger partial charge >= 0.3 is 170 Å². The molecule has 0 aromatic rings. The minimum absolute atomic E-state index is 0.290. The number of aliphatic hydroxyl groups is 1. The maximum absolute atomic E-state index is 12.0. The Morgan fingerprint density at radius 2 is 1.63 bits per heavy atom. The summed E-state index contributed by atoms with van der Waals surface area (Å²) in [7, 11) is 0. The van der Waals surface area contributed by atoms with Crippen molar-refractivity contribution < 1.29 is 14.7 Å². The predicted molar refractivity (Wildman–Crippen MR) is 115 cm³/mol. The predicted octanol–water partition coefficient (Wildman–Crippen LogP) is 5.00. The third kappa shape index (κ3) is 6.45. The number of Topliss-reactive ketones (excluding diaryl/α,β-unsaturated/α-hetero) is 1.